The van der Waals surface area contributed by atoms with E-state index in [9.17, 15) is 9.59 Å². The number of hydrogen-bond donors (Lipinski definition) is 0. The number of halogens is 1. The van der Waals surface area contributed by atoms with Crippen LogP contribution in [0.2, 0.25) is 0 Å². The number of carbonyl (C=O) groups is 1. The number of benzene rings is 2. The summed E-state index contributed by atoms with van der Waals surface area (Å²) >= 11 is 4.57. The molecule has 8 heteroatoms. The Morgan fingerprint density at radius 2 is 1.86 bits per heavy atom. The summed E-state index contributed by atoms with van der Waals surface area (Å²) in [5.74, 6) is 0.402. The van der Waals surface area contributed by atoms with Gasteiger partial charge in [0.1, 0.15) is 5.76 Å². The number of esters is 1. The lowest BCUT2D eigenvalue weighted by Gasteiger charge is -2.26. The van der Waals surface area contributed by atoms with Crippen LogP contribution in [0.4, 0.5) is 0 Å². The number of furan rings is 1. The number of rotatable bonds is 6. The maximum absolute atomic E-state index is 13.8. The number of ether oxygens (including phenoxy) is 1. The van der Waals surface area contributed by atoms with Crippen LogP contribution >= 0.6 is 27.3 Å². The van der Waals surface area contributed by atoms with Gasteiger partial charge in [-0.05, 0) is 52.0 Å². The van der Waals surface area contributed by atoms with Crippen molar-refractivity contribution in [2.75, 3.05) is 6.61 Å². The summed E-state index contributed by atoms with van der Waals surface area (Å²) < 4.78 is 13.7. The predicted molar refractivity (Wildman–Crippen MR) is 148 cm³/mol. The van der Waals surface area contributed by atoms with Crippen LogP contribution in [0.25, 0.3) is 11.8 Å². The maximum atomic E-state index is 13.8. The molecule has 37 heavy (non-hydrogen) atoms. The quantitative estimate of drug-likeness (QED) is 0.287. The predicted octanol–water partition coefficient (Wildman–Crippen LogP) is 5.41. The van der Waals surface area contributed by atoms with E-state index in [0.717, 1.165) is 11.1 Å². The van der Waals surface area contributed by atoms with E-state index >= 15 is 0 Å². The van der Waals surface area contributed by atoms with Gasteiger partial charge < -0.3 is 9.15 Å². The summed E-state index contributed by atoms with van der Waals surface area (Å²) in [6, 6.07) is 20.4. The Morgan fingerprint density at radius 3 is 2.49 bits per heavy atom. The van der Waals surface area contributed by atoms with Crippen molar-refractivity contribution in [3.63, 3.8) is 0 Å². The Labute approximate surface area is 226 Å². The molecule has 1 atom stereocenters. The number of aromatic nitrogens is 1. The number of fused-ring (bicyclic) bond motifs is 1. The standard InChI is InChI=1S/C29H25BrN2O4S/c1-4-35-28(34)24-25(19-8-6-5-7-9-19)31-29-32(26(24)20-12-10-18(11-13-20)17(2)3)27(33)22(37-29)16-21-14-15-23(30)36-21/h5-17,26H,4H2,1-3H3/b22-16-/t26-/m0/s1. The van der Waals surface area contributed by atoms with Gasteiger partial charge in [-0.2, -0.15) is 0 Å². The second-order valence-corrected chi connectivity index (χ2v) is 10.7. The third-order valence-corrected chi connectivity index (χ3v) is 7.57. The molecule has 1 aliphatic heterocycles. The lowest BCUT2D eigenvalue weighted by Crippen LogP contribution is -2.40. The number of hydrogen-bond acceptors (Lipinski definition) is 6. The Balaban J connectivity index is 1.81. The van der Waals surface area contributed by atoms with Gasteiger partial charge in [-0.3, -0.25) is 9.36 Å². The van der Waals surface area contributed by atoms with Crippen LogP contribution in [0, 0.1) is 0 Å². The van der Waals surface area contributed by atoms with E-state index in [-0.39, 0.29) is 12.2 Å². The number of nitrogens with zero attached hydrogens (tertiary/aromatic N) is 2. The molecule has 0 aliphatic carbocycles. The van der Waals surface area contributed by atoms with E-state index in [1.807, 2.05) is 54.6 Å². The Morgan fingerprint density at radius 1 is 1.14 bits per heavy atom. The lowest BCUT2D eigenvalue weighted by molar-refractivity contribution is -0.138. The first-order chi connectivity index (χ1) is 17.9. The summed E-state index contributed by atoms with van der Waals surface area (Å²) in [4.78, 5) is 32.6. The van der Waals surface area contributed by atoms with Crippen LogP contribution in [0.3, 0.4) is 0 Å². The summed E-state index contributed by atoms with van der Waals surface area (Å²) in [6.07, 6.45) is 1.70. The molecule has 0 N–H and O–H groups in total. The van der Waals surface area contributed by atoms with E-state index in [1.165, 1.54) is 16.9 Å². The van der Waals surface area contributed by atoms with Gasteiger partial charge in [-0.15, -0.1) is 0 Å². The van der Waals surface area contributed by atoms with Gasteiger partial charge in [-0.25, -0.2) is 9.79 Å². The third kappa shape index (κ3) is 4.91. The second kappa shape index (κ2) is 10.5. The zero-order chi connectivity index (χ0) is 26.1. The minimum absolute atomic E-state index is 0.210. The van der Waals surface area contributed by atoms with E-state index in [2.05, 4.69) is 29.8 Å². The zero-order valence-corrected chi connectivity index (χ0v) is 23.0. The second-order valence-electron chi connectivity index (χ2n) is 8.89. The lowest BCUT2D eigenvalue weighted by atomic mass is 9.91. The molecule has 0 saturated heterocycles. The first kappa shape index (κ1) is 25.2. The fraction of sp³-hybridized carbons (Fsp3) is 0.207. The molecular formula is C29H25BrN2O4S. The largest absolute Gasteiger partial charge is 0.463 e. The Bertz CT molecular complexity index is 1660. The molecule has 2 aromatic heterocycles. The van der Waals surface area contributed by atoms with Crippen molar-refractivity contribution in [2.24, 2.45) is 4.99 Å². The van der Waals surface area contributed by atoms with E-state index in [0.29, 0.717) is 37.0 Å². The van der Waals surface area contributed by atoms with Crippen LogP contribution in [0.15, 0.2) is 91.2 Å². The highest BCUT2D eigenvalue weighted by molar-refractivity contribution is 9.10. The average Bonchev–Trinajstić information content (AvgIpc) is 3.45. The van der Waals surface area contributed by atoms with E-state index in [1.54, 1.807) is 29.7 Å². The molecule has 2 aromatic carbocycles. The van der Waals surface area contributed by atoms with E-state index < -0.39 is 12.0 Å². The molecule has 3 heterocycles. The minimum atomic E-state index is -0.697. The molecule has 0 fully saturated rings. The molecule has 0 radical (unpaired) electrons. The van der Waals surface area contributed by atoms with Crippen molar-refractivity contribution < 1.29 is 13.9 Å². The molecule has 0 bridgehead atoms. The smallest absolute Gasteiger partial charge is 0.338 e. The molecule has 0 unspecified atom stereocenters. The van der Waals surface area contributed by atoms with Crippen LogP contribution in [0.5, 0.6) is 0 Å². The molecule has 188 valence electrons. The summed E-state index contributed by atoms with van der Waals surface area (Å²) in [6.45, 7) is 6.23. The van der Waals surface area contributed by atoms with Crippen LogP contribution in [0.1, 0.15) is 55.2 Å². The molecule has 0 spiro atoms. The zero-order valence-electron chi connectivity index (χ0n) is 20.6. The van der Waals surface area contributed by atoms with Crippen molar-refractivity contribution in [3.8, 4) is 0 Å². The highest BCUT2D eigenvalue weighted by atomic mass is 79.9. The fourth-order valence-electron chi connectivity index (χ4n) is 4.35. The fourth-order valence-corrected chi connectivity index (χ4v) is 5.65. The van der Waals surface area contributed by atoms with Crippen LogP contribution in [-0.4, -0.2) is 17.1 Å². The van der Waals surface area contributed by atoms with Gasteiger partial charge in [0.05, 0.1) is 28.5 Å². The molecule has 0 saturated carbocycles. The van der Waals surface area contributed by atoms with Crippen LogP contribution in [-0.2, 0) is 9.53 Å². The highest BCUT2D eigenvalue weighted by Crippen LogP contribution is 2.35. The first-order valence-electron chi connectivity index (χ1n) is 12.0. The topological polar surface area (TPSA) is 73.8 Å². The Kier molecular flexibility index (Phi) is 7.13. The summed E-state index contributed by atoms with van der Waals surface area (Å²) in [5.41, 5.74) is 3.36. The van der Waals surface area contributed by atoms with Gasteiger partial charge in [0.2, 0.25) is 0 Å². The molecule has 5 rings (SSSR count). The van der Waals surface area contributed by atoms with Gasteiger partial charge in [0.15, 0.2) is 9.47 Å². The Hall–Kier alpha value is -3.49. The number of carbonyl (C=O) groups excluding carboxylic acids is 1. The average molecular weight is 578 g/mol. The van der Waals surface area contributed by atoms with Crippen molar-refractivity contribution in [3.05, 3.63) is 119 Å². The van der Waals surface area contributed by atoms with Gasteiger partial charge >= 0.3 is 5.97 Å². The van der Waals surface area contributed by atoms with Gasteiger partial charge in [-0.1, -0.05) is 79.8 Å². The minimum Gasteiger partial charge on any atom is -0.463 e. The van der Waals surface area contributed by atoms with Crippen molar-refractivity contribution in [2.45, 2.75) is 32.7 Å². The van der Waals surface area contributed by atoms with Crippen molar-refractivity contribution >= 4 is 45.0 Å². The monoisotopic (exact) mass is 576 g/mol. The molecule has 6 nitrogen and oxygen atoms in total. The molecule has 4 aromatic rings. The maximum Gasteiger partial charge on any atom is 0.338 e. The van der Waals surface area contributed by atoms with Crippen molar-refractivity contribution in [1.29, 1.82) is 0 Å². The molecule has 0 amide bonds. The molecular weight excluding hydrogens is 552 g/mol. The SMILES string of the molecule is CCOC(=O)C1=C(c2ccccc2)N=c2s/c(=C\c3ccc(Br)o3)c(=O)n2[C@H]1c1ccc(C(C)C)cc1. The number of thiazole rings is 1. The molecule has 1 aliphatic rings. The third-order valence-electron chi connectivity index (χ3n) is 6.16. The highest BCUT2D eigenvalue weighted by Gasteiger charge is 2.35. The summed E-state index contributed by atoms with van der Waals surface area (Å²) in [7, 11) is 0. The van der Waals surface area contributed by atoms with Crippen LogP contribution < -0.4 is 14.9 Å². The van der Waals surface area contributed by atoms with Crippen molar-refractivity contribution in [1.82, 2.24) is 4.57 Å². The van der Waals surface area contributed by atoms with Gasteiger partial charge in [0, 0.05) is 11.6 Å². The van der Waals surface area contributed by atoms with Gasteiger partial charge in [0.25, 0.3) is 5.56 Å². The normalized spacial score (nSPS) is 15.6. The van der Waals surface area contributed by atoms with E-state index in [4.69, 9.17) is 14.1 Å². The first-order valence-corrected chi connectivity index (χ1v) is 13.6. The summed E-state index contributed by atoms with van der Waals surface area (Å²) in [5, 5.41) is 0.